The molecule has 1 aromatic carbocycles. The van der Waals surface area contributed by atoms with Gasteiger partial charge in [-0.3, -0.25) is 9.89 Å². The van der Waals surface area contributed by atoms with E-state index in [1.807, 2.05) is 12.1 Å². The molecule has 8 nitrogen and oxygen atoms in total. The molecule has 0 aliphatic carbocycles. The quantitative estimate of drug-likeness (QED) is 0.305. The van der Waals surface area contributed by atoms with Gasteiger partial charge in [-0.25, -0.2) is 0 Å². The zero-order chi connectivity index (χ0) is 22.2. The van der Waals surface area contributed by atoms with Crippen LogP contribution >= 0.6 is 24.0 Å². The first-order valence-electron chi connectivity index (χ1n) is 12.0. The number of morpholine rings is 2. The molecule has 3 saturated heterocycles. The normalized spacial score (nSPS) is 25.4. The van der Waals surface area contributed by atoms with E-state index in [1.54, 1.807) is 7.11 Å². The van der Waals surface area contributed by atoms with Gasteiger partial charge in [-0.05, 0) is 37.5 Å². The fraction of sp³-hybridized carbons (Fsp3) is 0.708. The monoisotopic (exact) mass is 574 g/mol. The third kappa shape index (κ3) is 7.17. The van der Waals surface area contributed by atoms with Gasteiger partial charge in [0.1, 0.15) is 11.9 Å². The number of ether oxygens (including phenoxy) is 4. The van der Waals surface area contributed by atoms with Crippen LogP contribution in [0.25, 0.3) is 0 Å². The molecule has 0 saturated carbocycles. The molecule has 0 amide bonds. The largest absolute Gasteiger partial charge is 0.497 e. The molecule has 3 heterocycles. The van der Waals surface area contributed by atoms with Crippen molar-refractivity contribution in [3.05, 3.63) is 29.8 Å². The van der Waals surface area contributed by atoms with Crippen LogP contribution < -0.4 is 10.1 Å². The number of rotatable bonds is 7. The second kappa shape index (κ2) is 13.7. The molecule has 9 heteroatoms. The van der Waals surface area contributed by atoms with Crippen molar-refractivity contribution in [1.82, 2.24) is 15.1 Å². The van der Waals surface area contributed by atoms with E-state index < -0.39 is 0 Å². The molecule has 0 aromatic heterocycles. The number of guanidine groups is 1. The number of halogens is 1. The van der Waals surface area contributed by atoms with E-state index >= 15 is 0 Å². The standard InChI is InChI=1S/C24H38N4O4.HI/c1-3-25-24(28-12-16-32-23(18-28)22-5-4-13-31-22)26-17-21(27-10-14-30-15-11-27)19-6-8-20(29-2)9-7-19;/h6-9,21-23H,3-5,10-18H2,1-2H3,(H,25,26);1H. The molecule has 0 bridgehead atoms. The third-order valence-corrected chi connectivity index (χ3v) is 6.51. The third-order valence-electron chi connectivity index (χ3n) is 6.51. The summed E-state index contributed by atoms with van der Waals surface area (Å²) in [5.74, 6) is 1.84. The Morgan fingerprint density at radius 1 is 1.09 bits per heavy atom. The van der Waals surface area contributed by atoms with E-state index in [-0.39, 0.29) is 42.2 Å². The molecule has 3 aliphatic rings. The summed E-state index contributed by atoms with van der Waals surface area (Å²) >= 11 is 0. The van der Waals surface area contributed by atoms with Gasteiger partial charge in [-0.2, -0.15) is 0 Å². The van der Waals surface area contributed by atoms with Crippen LogP contribution in [-0.4, -0.2) is 101 Å². The maximum absolute atomic E-state index is 6.05. The Morgan fingerprint density at radius 3 is 2.52 bits per heavy atom. The molecular formula is C24H39IN4O4. The first kappa shape index (κ1) is 26.5. The van der Waals surface area contributed by atoms with Crippen molar-refractivity contribution in [2.75, 3.05) is 72.8 Å². The van der Waals surface area contributed by atoms with E-state index in [2.05, 4.69) is 34.2 Å². The highest BCUT2D eigenvalue weighted by atomic mass is 127. The summed E-state index contributed by atoms with van der Waals surface area (Å²) in [6.07, 6.45) is 2.54. The minimum atomic E-state index is 0. The molecule has 3 fully saturated rings. The van der Waals surface area contributed by atoms with Crippen LogP contribution in [-0.2, 0) is 14.2 Å². The Kier molecular flexibility index (Phi) is 11.0. The summed E-state index contributed by atoms with van der Waals surface area (Å²) in [7, 11) is 1.70. The van der Waals surface area contributed by atoms with Crippen LogP contribution in [0.2, 0.25) is 0 Å². The summed E-state index contributed by atoms with van der Waals surface area (Å²) in [6, 6.07) is 8.58. The predicted octanol–water partition coefficient (Wildman–Crippen LogP) is 2.53. The average molecular weight is 575 g/mol. The van der Waals surface area contributed by atoms with Crippen molar-refractivity contribution in [3.8, 4) is 5.75 Å². The molecule has 3 atom stereocenters. The van der Waals surface area contributed by atoms with Crippen molar-refractivity contribution in [2.24, 2.45) is 4.99 Å². The second-order valence-electron chi connectivity index (χ2n) is 8.54. The first-order valence-corrected chi connectivity index (χ1v) is 12.0. The summed E-state index contributed by atoms with van der Waals surface area (Å²) in [5.41, 5.74) is 1.26. The van der Waals surface area contributed by atoms with Crippen molar-refractivity contribution in [3.63, 3.8) is 0 Å². The fourth-order valence-electron chi connectivity index (χ4n) is 4.73. The van der Waals surface area contributed by atoms with E-state index in [4.69, 9.17) is 23.9 Å². The Bertz CT molecular complexity index is 724. The lowest BCUT2D eigenvalue weighted by Gasteiger charge is -2.38. The Hall–Kier alpha value is -1.14. The van der Waals surface area contributed by atoms with Crippen LogP contribution in [0.4, 0.5) is 0 Å². The van der Waals surface area contributed by atoms with Crippen LogP contribution in [0.15, 0.2) is 29.3 Å². The molecular weight excluding hydrogens is 535 g/mol. The average Bonchev–Trinajstić information content (AvgIpc) is 3.40. The highest BCUT2D eigenvalue weighted by Gasteiger charge is 2.32. The van der Waals surface area contributed by atoms with Gasteiger partial charge in [-0.1, -0.05) is 12.1 Å². The Morgan fingerprint density at radius 2 is 1.85 bits per heavy atom. The number of benzene rings is 1. The van der Waals surface area contributed by atoms with E-state index in [0.29, 0.717) is 13.2 Å². The summed E-state index contributed by atoms with van der Waals surface area (Å²) in [4.78, 5) is 9.93. The van der Waals surface area contributed by atoms with Crippen molar-refractivity contribution in [1.29, 1.82) is 0 Å². The molecule has 0 radical (unpaired) electrons. The lowest BCUT2D eigenvalue weighted by atomic mass is 10.0. The molecule has 4 rings (SSSR count). The van der Waals surface area contributed by atoms with E-state index in [0.717, 1.165) is 77.1 Å². The van der Waals surface area contributed by atoms with Crippen molar-refractivity contribution < 1.29 is 18.9 Å². The van der Waals surface area contributed by atoms with Crippen molar-refractivity contribution >= 4 is 29.9 Å². The molecule has 3 unspecified atom stereocenters. The number of nitrogens with one attached hydrogen (secondary N) is 1. The maximum Gasteiger partial charge on any atom is 0.194 e. The maximum atomic E-state index is 6.05. The van der Waals surface area contributed by atoms with E-state index in [9.17, 15) is 0 Å². The second-order valence-corrected chi connectivity index (χ2v) is 8.54. The minimum absolute atomic E-state index is 0. The first-order chi connectivity index (χ1) is 15.8. The number of nitrogens with zero attached hydrogens (tertiary/aromatic N) is 3. The molecule has 1 N–H and O–H groups in total. The smallest absolute Gasteiger partial charge is 0.194 e. The van der Waals surface area contributed by atoms with Crippen LogP contribution in [0.3, 0.4) is 0 Å². The lowest BCUT2D eigenvalue weighted by Crippen LogP contribution is -2.53. The zero-order valence-electron chi connectivity index (χ0n) is 19.9. The van der Waals surface area contributed by atoms with Gasteiger partial charge >= 0.3 is 0 Å². The predicted molar refractivity (Wildman–Crippen MR) is 140 cm³/mol. The van der Waals surface area contributed by atoms with Crippen LogP contribution in [0.1, 0.15) is 31.4 Å². The number of hydrogen-bond acceptors (Lipinski definition) is 6. The molecule has 3 aliphatic heterocycles. The lowest BCUT2D eigenvalue weighted by molar-refractivity contribution is -0.0817. The van der Waals surface area contributed by atoms with Gasteiger partial charge < -0.3 is 29.2 Å². The van der Waals surface area contributed by atoms with Crippen molar-refractivity contribution in [2.45, 2.75) is 38.0 Å². The summed E-state index contributed by atoms with van der Waals surface area (Å²) < 4.78 is 22.9. The van der Waals surface area contributed by atoms with Gasteiger partial charge in [0.05, 0.1) is 45.6 Å². The van der Waals surface area contributed by atoms with Gasteiger partial charge in [-0.15, -0.1) is 24.0 Å². The summed E-state index contributed by atoms with van der Waals surface area (Å²) in [5, 5.41) is 3.51. The molecule has 0 spiro atoms. The Labute approximate surface area is 215 Å². The highest BCUT2D eigenvalue weighted by Crippen LogP contribution is 2.25. The Balaban J connectivity index is 0.00000306. The highest BCUT2D eigenvalue weighted by molar-refractivity contribution is 14.0. The molecule has 186 valence electrons. The summed E-state index contributed by atoms with van der Waals surface area (Å²) in [6.45, 7) is 10.2. The molecule has 1 aromatic rings. The number of hydrogen-bond donors (Lipinski definition) is 1. The van der Waals surface area contributed by atoms with Gasteiger partial charge in [0.15, 0.2) is 5.96 Å². The van der Waals surface area contributed by atoms with Crippen LogP contribution in [0.5, 0.6) is 5.75 Å². The fourth-order valence-corrected chi connectivity index (χ4v) is 4.73. The SMILES string of the molecule is CCNC(=NCC(c1ccc(OC)cc1)N1CCOCC1)N1CCOC(C2CCCO2)C1.I. The van der Waals surface area contributed by atoms with Gasteiger partial charge in [0.2, 0.25) is 0 Å². The van der Waals surface area contributed by atoms with E-state index in [1.165, 1.54) is 5.56 Å². The molecule has 33 heavy (non-hydrogen) atoms. The number of aliphatic imine (C=N–C) groups is 1. The zero-order valence-corrected chi connectivity index (χ0v) is 22.2. The topological polar surface area (TPSA) is 67.8 Å². The van der Waals surface area contributed by atoms with Crippen LogP contribution in [0, 0.1) is 0 Å². The van der Waals surface area contributed by atoms with Gasteiger partial charge in [0.25, 0.3) is 0 Å². The number of methoxy groups -OCH3 is 1. The van der Waals surface area contributed by atoms with Gasteiger partial charge in [0, 0.05) is 39.3 Å². The minimum Gasteiger partial charge on any atom is -0.497 e.